The molecule has 1 aliphatic rings. The second-order valence-electron chi connectivity index (χ2n) is 5.73. The molecule has 1 saturated heterocycles. The first kappa shape index (κ1) is 15.0. The quantitative estimate of drug-likeness (QED) is 0.798. The zero-order chi connectivity index (χ0) is 15.0. The second kappa shape index (κ2) is 5.18. The molecule has 6 heteroatoms. The Bertz CT molecular complexity index is 515. The Labute approximate surface area is 119 Å². The van der Waals surface area contributed by atoms with Crippen molar-refractivity contribution in [1.82, 2.24) is 4.98 Å². The minimum atomic E-state index is -0.511. The van der Waals surface area contributed by atoms with Crippen molar-refractivity contribution < 1.29 is 18.4 Å². The van der Waals surface area contributed by atoms with E-state index in [0.717, 1.165) is 0 Å². The summed E-state index contributed by atoms with van der Waals surface area (Å²) < 4.78 is 30.2. The topological polar surface area (TPSA) is 40.6 Å². The summed E-state index contributed by atoms with van der Waals surface area (Å²) in [6.07, 6.45) is 3.02. The molecule has 2 rings (SSSR count). The summed E-state index contributed by atoms with van der Waals surface area (Å²) >= 11 is 0. The van der Waals surface area contributed by atoms with Crippen LogP contribution in [0.15, 0.2) is 18.2 Å². The number of rotatable bonds is 3. The van der Waals surface area contributed by atoms with E-state index in [2.05, 4.69) is 4.98 Å². The molecular weight excluding hydrogens is 260 g/mol. The lowest BCUT2D eigenvalue weighted by Gasteiger charge is -2.32. The number of aromatic nitrogens is 1. The van der Waals surface area contributed by atoms with E-state index in [1.54, 1.807) is 12.1 Å². The Morgan fingerprint density at radius 1 is 1.25 bits per heavy atom. The number of hydrogen-bond acceptors (Lipinski definition) is 4. The first-order valence-electron chi connectivity index (χ1n) is 6.48. The smallest absolute Gasteiger partial charge is 0.487 e. The Kier molecular flexibility index (Phi) is 3.89. The highest BCUT2D eigenvalue weighted by molar-refractivity contribution is 6.52. The molecule has 0 saturated carbocycles. The zero-order valence-electron chi connectivity index (χ0n) is 12.4. The van der Waals surface area contributed by atoms with Crippen LogP contribution in [0.4, 0.5) is 4.39 Å². The maximum atomic E-state index is 13.7. The van der Waals surface area contributed by atoms with Crippen LogP contribution in [0.5, 0.6) is 5.75 Å². The number of methoxy groups -OCH3 is 1. The van der Waals surface area contributed by atoms with Crippen molar-refractivity contribution in [3.8, 4) is 5.75 Å². The minimum Gasteiger partial charge on any atom is -0.495 e. The first-order valence-corrected chi connectivity index (χ1v) is 6.48. The minimum absolute atomic E-state index is 0.223. The van der Waals surface area contributed by atoms with Crippen LogP contribution >= 0.6 is 0 Å². The van der Waals surface area contributed by atoms with Crippen molar-refractivity contribution in [3.05, 3.63) is 29.7 Å². The summed E-state index contributed by atoms with van der Waals surface area (Å²) in [6, 6.07) is 1.29. The normalized spacial score (nSPS) is 20.6. The molecule has 0 spiro atoms. The van der Waals surface area contributed by atoms with Gasteiger partial charge in [-0.3, -0.25) is 0 Å². The third-order valence-electron chi connectivity index (χ3n) is 3.76. The predicted octanol–water partition coefficient (Wildman–Crippen LogP) is 2.87. The number of pyridine rings is 1. The monoisotopic (exact) mass is 279 g/mol. The fourth-order valence-corrected chi connectivity index (χ4v) is 1.80. The number of ether oxygens (including phenoxy) is 1. The molecular formula is C14H19BFNO3. The van der Waals surface area contributed by atoms with Crippen molar-refractivity contribution in [3.63, 3.8) is 0 Å². The summed E-state index contributed by atoms with van der Waals surface area (Å²) in [5.41, 5.74) is -0.595. The van der Waals surface area contributed by atoms with Gasteiger partial charge in [-0.05, 0) is 33.8 Å². The van der Waals surface area contributed by atoms with Crippen molar-refractivity contribution in [1.29, 1.82) is 0 Å². The number of hydrogen-bond donors (Lipinski definition) is 0. The van der Waals surface area contributed by atoms with E-state index in [4.69, 9.17) is 14.0 Å². The van der Waals surface area contributed by atoms with Crippen molar-refractivity contribution in [2.45, 2.75) is 38.9 Å². The molecule has 0 aliphatic carbocycles. The Balaban J connectivity index is 2.12. The van der Waals surface area contributed by atoms with Gasteiger partial charge in [0.05, 0.1) is 30.2 Å². The van der Waals surface area contributed by atoms with Crippen molar-refractivity contribution in [2.24, 2.45) is 0 Å². The van der Waals surface area contributed by atoms with Gasteiger partial charge in [0.2, 0.25) is 0 Å². The molecule has 108 valence electrons. The molecule has 0 bridgehead atoms. The van der Waals surface area contributed by atoms with Gasteiger partial charge in [-0.1, -0.05) is 5.98 Å². The molecule has 1 aromatic rings. The zero-order valence-corrected chi connectivity index (χ0v) is 12.4. The van der Waals surface area contributed by atoms with Crippen LogP contribution in [0.3, 0.4) is 0 Å². The van der Waals surface area contributed by atoms with Crippen LogP contribution < -0.4 is 4.74 Å². The summed E-state index contributed by atoms with van der Waals surface area (Å²) in [7, 11) is 0.958. The molecule has 0 unspecified atom stereocenters. The Morgan fingerprint density at radius 3 is 2.35 bits per heavy atom. The van der Waals surface area contributed by atoms with E-state index in [9.17, 15) is 4.39 Å². The summed E-state index contributed by atoms with van der Waals surface area (Å²) in [6.45, 7) is 7.86. The third kappa shape index (κ3) is 2.86. The van der Waals surface area contributed by atoms with Crippen LogP contribution in [-0.4, -0.2) is 30.4 Å². The fraction of sp³-hybridized carbons (Fsp3) is 0.500. The molecule has 1 fully saturated rings. The van der Waals surface area contributed by atoms with Gasteiger partial charge in [0, 0.05) is 6.07 Å². The SMILES string of the molecule is COc1cnc(C=CB2OC(C)(C)C(C)(C)O2)c(F)c1. The lowest BCUT2D eigenvalue weighted by molar-refractivity contribution is 0.00578. The average molecular weight is 279 g/mol. The van der Waals surface area contributed by atoms with Gasteiger partial charge in [0.1, 0.15) is 5.75 Å². The number of nitrogens with zero attached hydrogens (tertiary/aromatic N) is 1. The van der Waals surface area contributed by atoms with Gasteiger partial charge in [0.15, 0.2) is 5.82 Å². The molecule has 1 aromatic heterocycles. The molecule has 2 heterocycles. The molecule has 0 atom stereocenters. The average Bonchev–Trinajstić information content (AvgIpc) is 2.56. The molecule has 0 N–H and O–H groups in total. The lowest BCUT2D eigenvalue weighted by Crippen LogP contribution is -2.41. The molecule has 1 aliphatic heterocycles. The third-order valence-corrected chi connectivity index (χ3v) is 3.76. The van der Waals surface area contributed by atoms with Gasteiger partial charge in [-0.2, -0.15) is 0 Å². The fourth-order valence-electron chi connectivity index (χ4n) is 1.80. The van der Waals surface area contributed by atoms with Crippen LogP contribution in [0.2, 0.25) is 0 Å². The first-order chi connectivity index (χ1) is 9.25. The molecule has 4 nitrogen and oxygen atoms in total. The highest BCUT2D eigenvalue weighted by Gasteiger charge is 2.50. The van der Waals surface area contributed by atoms with Gasteiger partial charge in [0.25, 0.3) is 0 Å². The van der Waals surface area contributed by atoms with E-state index in [1.165, 1.54) is 19.4 Å². The van der Waals surface area contributed by atoms with Gasteiger partial charge in [-0.25, -0.2) is 9.37 Å². The molecule has 0 radical (unpaired) electrons. The van der Waals surface area contributed by atoms with E-state index in [-0.39, 0.29) is 5.69 Å². The maximum absolute atomic E-state index is 13.7. The summed E-state index contributed by atoms with van der Waals surface area (Å²) in [4.78, 5) is 3.98. The van der Waals surface area contributed by atoms with Crippen LogP contribution in [0.25, 0.3) is 6.08 Å². The molecule has 20 heavy (non-hydrogen) atoms. The van der Waals surface area contributed by atoms with Gasteiger partial charge >= 0.3 is 7.12 Å². The second-order valence-corrected chi connectivity index (χ2v) is 5.73. The van der Waals surface area contributed by atoms with Crippen molar-refractivity contribution >= 4 is 13.2 Å². The summed E-state index contributed by atoms with van der Waals surface area (Å²) in [5.74, 6) is 1.60. The van der Waals surface area contributed by atoms with Crippen LogP contribution in [0, 0.1) is 5.82 Å². The van der Waals surface area contributed by atoms with Crippen molar-refractivity contribution in [2.75, 3.05) is 7.11 Å². The Hall–Kier alpha value is -1.40. The van der Waals surface area contributed by atoms with Crippen LogP contribution in [0.1, 0.15) is 33.4 Å². The van der Waals surface area contributed by atoms with E-state index in [0.29, 0.717) is 5.75 Å². The summed E-state index contributed by atoms with van der Waals surface area (Å²) in [5, 5.41) is 0. The molecule has 0 amide bonds. The number of halogens is 1. The van der Waals surface area contributed by atoms with Gasteiger partial charge < -0.3 is 14.0 Å². The highest BCUT2D eigenvalue weighted by Crippen LogP contribution is 2.37. The van der Waals surface area contributed by atoms with E-state index in [1.807, 2.05) is 27.7 Å². The van der Waals surface area contributed by atoms with Gasteiger partial charge in [-0.15, -0.1) is 0 Å². The van der Waals surface area contributed by atoms with Crippen LogP contribution in [-0.2, 0) is 9.31 Å². The molecule has 0 aromatic carbocycles. The lowest BCUT2D eigenvalue weighted by atomic mass is 9.89. The largest absolute Gasteiger partial charge is 0.495 e. The van der Waals surface area contributed by atoms with E-state index >= 15 is 0 Å². The maximum Gasteiger partial charge on any atom is 0.487 e. The highest BCUT2D eigenvalue weighted by atomic mass is 19.1. The standard InChI is InChI=1S/C14H19BFNO3/c1-13(2)14(3,4)20-15(19-13)7-6-12-11(16)8-10(18-5)9-17-12/h6-9H,1-5H3. The van der Waals surface area contributed by atoms with E-state index < -0.39 is 24.1 Å². The predicted molar refractivity (Wildman–Crippen MR) is 75.9 cm³/mol. The Morgan fingerprint density at radius 2 is 1.85 bits per heavy atom.